The van der Waals surface area contributed by atoms with Gasteiger partial charge in [0.15, 0.2) is 0 Å². The molecule has 0 aliphatic heterocycles. The number of rotatable bonds is 5. The highest BCUT2D eigenvalue weighted by Crippen LogP contribution is 2.19. The highest BCUT2D eigenvalue weighted by atomic mass is 16.2. The topological polar surface area (TPSA) is 65.2 Å². The zero-order valence-corrected chi connectivity index (χ0v) is 11.0. The van der Waals surface area contributed by atoms with Gasteiger partial charge in [-0.05, 0) is 11.6 Å². The van der Waals surface area contributed by atoms with Gasteiger partial charge in [0.05, 0.1) is 0 Å². The summed E-state index contributed by atoms with van der Waals surface area (Å²) in [4.78, 5) is 27.3. The van der Waals surface area contributed by atoms with Crippen molar-refractivity contribution in [1.29, 1.82) is 0 Å². The number of benzene rings is 1. The second-order valence-electron chi connectivity index (χ2n) is 4.63. The average molecular weight is 259 g/mol. The molecular weight excluding hydrogens is 242 g/mol. The summed E-state index contributed by atoms with van der Waals surface area (Å²) in [6.07, 6.45) is 2.92. The Morgan fingerprint density at radius 3 is 2.84 bits per heavy atom. The van der Waals surface area contributed by atoms with E-state index in [-0.39, 0.29) is 5.91 Å². The lowest BCUT2D eigenvalue weighted by Crippen LogP contribution is -2.44. The zero-order chi connectivity index (χ0) is 13.8. The summed E-state index contributed by atoms with van der Waals surface area (Å²) in [5, 5.41) is 3.66. The number of hydrogen-bond donors (Lipinski definition) is 2. The van der Waals surface area contributed by atoms with Crippen molar-refractivity contribution in [2.45, 2.75) is 12.5 Å². The Balaban J connectivity index is 2.26. The molecule has 5 heteroatoms. The Labute approximate surface area is 111 Å². The summed E-state index contributed by atoms with van der Waals surface area (Å²) in [7, 11) is 3.36. The van der Waals surface area contributed by atoms with E-state index in [1.54, 1.807) is 14.1 Å². The number of nitrogens with zero attached hydrogens (tertiary/aromatic N) is 1. The summed E-state index contributed by atoms with van der Waals surface area (Å²) < 4.78 is 0. The maximum atomic E-state index is 12.0. The van der Waals surface area contributed by atoms with Crippen LogP contribution in [0.5, 0.6) is 0 Å². The molecule has 1 aromatic carbocycles. The van der Waals surface area contributed by atoms with Gasteiger partial charge in [-0.2, -0.15) is 0 Å². The smallest absolute Gasteiger partial charge is 0.244 e. The van der Waals surface area contributed by atoms with Crippen LogP contribution >= 0.6 is 0 Å². The third-order valence-corrected chi connectivity index (χ3v) is 3.11. The molecule has 0 spiro atoms. The van der Waals surface area contributed by atoms with Crippen LogP contribution in [0.3, 0.4) is 0 Å². The molecule has 0 unspecified atom stereocenters. The van der Waals surface area contributed by atoms with Gasteiger partial charge in [-0.15, -0.1) is 0 Å². The van der Waals surface area contributed by atoms with Crippen LogP contribution in [-0.4, -0.2) is 42.3 Å². The molecule has 1 atom stereocenters. The van der Waals surface area contributed by atoms with E-state index < -0.39 is 6.04 Å². The standard InChI is InChI=1S/C14H17N3O2/c1-17(2)14(19)13(16-9-18)7-10-8-15-12-6-4-3-5-11(10)12/h3-6,8-9,13,15H,7H2,1-2H3,(H,16,18)/t13-/m1/s1. The van der Waals surface area contributed by atoms with E-state index in [1.165, 1.54) is 4.90 Å². The lowest BCUT2D eigenvalue weighted by molar-refractivity contribution is -0.132. The molecular formula is C14H17N3O2. The van der Waals surface area contributed by atoms with Gasteiger partial charge in [0.1, 0.15) is 6.04 Å². The Morgan fingerprint density at radius 1 is 1.42 bits per heavy atom. The monoisotopic (exact) mass is 259 g/mol. The SMILES string of the molecule is CN(C)C(=O)[C@@H](Cc1c[nH]c2ccccc12)NC=O. The Morgan fingerprint density at radius 2 is 2.16 bits per heavy atom. The number of fused-ring (bicyclic) bond motifs is 1. The molecule has 100 valence electrons. The molecule has 2 rings (SSSR count). The lowest BCUT2D eigenvalue weighted by atomic mass is 10.0. The van der Waals surface area contributed by atoms with Gasteiger partial charge in [0.25, 0.3) is 0 Å². The minimum Gasteiger partial charge on any atom is -0.361 e. The molecule has 2 aromatic rings. The van der Waals surface area contributed by atoms with Crippen molar-refractivity contribution in [3.05, 3.63) is 36.0 Å². The summed E-state index contributed by atoms with van der Waals surface area (Å²) in [6, 6.07) is 7.35. The van der Waals surface area contributed by atoms with Gasteiger partial charge in [-0.25, -0.2) is 0 Å². The van der Waals surface area contributed by atoms with Gasteiger partial charge in [0, 0.05) is 37.6 Å². The van der Waals surface area contributed by atoms with Crippen LogP contribution in [0.25, 0.3) is 10.9 Å². The van der Waals surface area contributed by atoms with E-state index in [4.69, 9.17) is 0 Å². The summed E-state index contributed by atoms with van der Waals surface area (Å²) >= 11 is 0. The Bertz CT molecular complexity index is 589. The second-order valence-corrected chi connectivity index (χ2v) is 4.63. The quantitative estimate of drug-likeness (QED) is 0.784. The number of para-hydroxylation sites is 1. The van der Waals surface area contributed by atoms with Crippen molar-refractivity contribution in [2.75, 3.05) is 14.1 Å². The van der Waals surface area contributed by atoms with E-state index in [2.05, 4.69) is 10.3 Å². The number of hydrogen-bond acceptors (Lipinski definition) is 2. The fourth-order valence-corrected chi connectivity index (χ4v) is 2.13. The van der Waals surface area contributed by atoms with Crippen LogP contribution < -0.4 is 5.32 Å². The predicted octanol–water partition coefficient (Wildman–Crippen LogP) is 0.913. The Kier molecular flexibility index (Phi) is 3.85. The van der Waals surface area contributed by atoms with Crippen molar-refractivity contribution in [3.63, 3.8) is 0 Å². The van der Waals surface area contributed by atoms with Crippen molar-refractivity contribution in [3.8, 4) is 0 Å². The average Bonchev–Trinajstić information content (AvgIpc) is 2.81. The third kappa shape index (κ3) is 2.76. The number of likely N-dealkylation sites (N-methyl/N-ethyl adjacent to an activating group) is 1. The van der Waals surface area contributed by atoms with Gasteiger partial charge < -0.3 is 15.2 Å². The number of H-pyrrole nitrogens is 1. The molecule has 1 aromatic heterocycles. The highest BCUT2D eigenvalue weighted by Gasteiger charge is 2.21. The molecule has 0 saturated heterocycles. The van der Waals surface area contributed by atoms with Crippen LogP contribution in [-0.2, 0) is 16.0 Å². The minimum atomic E-state index is -0.535. The zero-order valence-electron chi connectivity index (χ0n) is 11.0. The molecule has 1 heterocycles. The van der Waals surface area contributed by atoms with Crippen LogP contribution in [0.4, 0.5) is 0 Å². The summed E-state index contributed by atoms with van der Waals surface area (Å²) in [5.74, 6) is -0.114. The van der Waals surface area contributed by atoms with Crippen molar-refractivity contribution in [1.82, 2.24) is 15.2 Å². The Hall–Kier alpha value is -2.30. The maximum absolute atomic E-state index is 12.0. The molecule has 0 bridgehead atoms. The lowest BCUT2D eigenvalue weighted by Gasteiger charge is -2.19. The largest absolute Gasteiger partial charge is 0.361 e. The van der Waals surface area contributed by atoms with E-state index in [9.17, 15) is 9.59 Å². The first kappa shape index (κ1) is 13.1. The molecule has 0 fully saturated rings. The molecule has 2 N–H and O–H groups in total. The number of aromatic nitrogens is 1. The molecule has 0 saturated carbocycles. The van der Waals surface area contributed by atoms with Crippen molar-refractivity contribution >= 4 is 23.2 Å². The fraction of sp³-hybridized carbons (Fsp3) is 0.286. The summed E-state index contributed by atoms with van der Waals surface area (Å²) in [5.41, 5.74) is 2.05. The van der Waals surface area contributed by atoms with Gasteiger partial charge in [-0.1, -0.05) is 18.2 Å². The predicted molar refractivity (Wildman–Crippen MR) is 73.7 cm³/mol. The molecule has 0 aliphatic carbocycles. The molecule has 19 heavy (non-hydrogen) atoms. The van der Waals surface area contributed by atoms with Crippen LogP contribution in [0.1, 0.15) is 5.56 Å². The van der Waals surface area contributed by atoms with E-state index >= 15 is 0 Å². The van der Waals surface area contributed by atoms with E-state index in [1.807, 2.05) is 30.5 Å². The maximum Gasteiger partial charge on any atom is 0.244 e. The van der Waals surface area contributed by atoms with E-state index in [0.717, 1.165) is 16.5 Å². The fourth-order valence-electron chi connectivity index (χ4n) is 2.13. The second kappa shape index (κ2) is 5.56. The molecule has 0 radical (unpaired) electrons. The van der Waals surface area contributed by atoms with Crippen molar-refractivity contribution < 1.29 is 9.59 Å². The normalized spacial score (nSPS) is 12.1. The van der Waals surface area contributed by atoms with Crippen LogP contribution in [0, 0.1) is 0 Å². The first-order valence-corrected chi connectivity index (χ1v) is 6.09. The third-order valence-electron chi connectivity index (χ3n) is 3.11. The van der Waals surface area contributed by atoms with Gasteiger partial charge in [-0.3, -0.25) is 9.59 Å². The first-order valence-electron chi connectivity index (χ1n) is 6.09. The number of carbonyl (C=O) groups is 2. The van der Waals surface area contributed by atoms with Crippen LogP contribution in [0.2, 0.25) is 0 Å². The first-order chi connectivity index (χ1) is 9.13. The van der Waals surface area contributed by atoms with Crippen LogP contribution in [0.15, 0.2) is 30.5 Å². The van der Waals surface area contributed by atoms with Gasteiger partial charge in [0.2, 0.25) is 12.3 Å². The number of aromatic amines is 1. The molecule has 2 amide bonds. The van der Waals surface area contributed by atoms with Crippen molar-refractivity contribution in [2.24, 2.45) is 0 Å². The minimum absolute atomic E-state index is 0.114. The molecule has 5 nitrogen and oxygen atoms in total. The molecule has 0 aliphatic rings. The summed E-state index contributed by atoms with van der Waals surface area (Å²) in [6.45, 7) is 0. The number of carbonyl (C=O) groups excluding carboxylic acids is 2. The van der Waals surface area contributed by atoms with E-state index in [0.29, 0.717) is 12.8 Å². The number of amides is 2. The van der Waals surface area contributed by atoms with Gasteiger partial charge >= 0.3 is 0 Å². The highest BCUT2D eigenvalue weighted by molar-refractivity contribution is 5.87. The number of nitrogens with one attached hydrogen (secondary N) is 2.